The Bertz CT molecular complexity index is 374. The monoisotopic (exact) mass is 416 g/mol. The van der Waals surface area contributed by atoms with E-state index < -0.39 is 15.4 Å². The van der Waals surface area contributed by atoms with Gasteiger partial charge in [0.2, 0.25) is 0 Å². The van der Waals surface area contributed by atoms with Crippen molar-refractivity contribution >= 4 is 10.1 Å². The van der Waals surface area contributed by atoms with E-state index in [1.165, 1.54) is 70.6 Å². The SMILES string of the molecule is CCCCCCCCCCCCCCCCC(CCCO)S(=O)(=O)[O-].[K+]. The molecule has 0 aromatic heterocycles. The molecule has 1 unspecified atom stereocenters. The molecule has 0 saturated heterocycles. The Morgan fingerprint density at radius 3 is 1.38 bits per heavy atom. The molecule has 4 nitrogen and oxygen atoms in total. The van der Waals surface area contributed by atoms with Gasteiger partial charge in [-0.1, -0.05) is 96.8 Å². The summed E-state index contributed by atoms with van der Waals surface area (Å²) < 4.78 is 33.5. The normalized spacial score (nSPS) is 12.7. The first-order chi connectivity index (χ1) is 12.0. The van der Waals surface area contributed by atoms with Gasteiger partial charge < -0.3 is 9.66 Å². The van der Waals surface area contributed by atoms with Gasteiger partial charge in [0.1, 0.15) is 0 Å². The zero-order valence-corrected chi connectivity index (χ0v) is 21.3. The fourth-order valence-corrected chi connectivity index (χ4v) is 4.23. The van der Waals surface area contributed by atoms with E-state index in [4.69, 9.17) is 5.11 Å². The van der Waals surface area contributed by atoms with Crippen LogP contribution in [-0.2, 0) is 10.1 Å². The summed E-state index contributed by atoms with van der Waals surface area (Å²) in [7, 11) is -4.22. The minimum atomic E-state index is -4.22. The van der Waals surface area contributed by atoms with Crippen molar-refractivity contribution in [3.63, 3.8) is 0 Å². The van der Waals surface area contributed by atoms with Crippen molar-refractivity contribution in [2.75, 3.05) is 6.61 Å². The van der Waals surface area contributed by atoms with Gasteiger partial charge in [-0.25, -0.2) is 8.42 Å². The van der Waals surface area contributed by atoms with Crippen LogP contribution in [0.25, 0.3) is 0 Å². The second kappa shape index (κ2) is 21.2. The number of aliphatic hydroxyl groups excluding tert-OH is 1. The van der Waals surface area contributed by atoms with Crippen LogP contribution in [0.2, 0.25) is 0 Å². The fraction of sp³-hybridized carbons (Fsp3) is 1.00. The van der Waals surface area contributed by atoms with Gasteiger partial charge in [0.25, 0.3) is 0 Å². The third kappa shape index (κ3) is 20.2. The maximum absolute atomic E-state index is 11.2. The maximum atomic E-state index is 11.2. The molecule has 152 valence electrons. The summed E-state index contributed by atoms with van der Waals surface area (Å²) in [6.07, 6.45) is 18.8. The molecule has 0 saturated carbocycles. The second-order valence-corrected chi connectivity index (χ2v) is 9.02. The molecule has 0 radical (unpaired) electrons. The van der Waals surface area contributed by atoms with Gasteiger partial charge in [0, 0.05) is 11.9 Å². The Hall–Kier alpha value is 1.51. The molecule has 1 N–H and O–H groups in total. The van der Waals surface area contributed by atoms with Crippen LogP contribution < -0.4 is 51.4 Å². The molecule has 6 heteroatoms. The van der Waals surface area contributed by atoms with Crippen molar-refractivity contribution < 1.29 is 69.5 Å². The first kappa shape index (κ1) is 29.7. The number of hydrogen-bond acceptors (Lipinski definition) is 4. The van der Waals surface area contributed by atoms with E-state index in [1.807, 2.05) is 0 Å². The molecule has 26 heavy (non-hydrogen) atoms. The molecule has 0 aromatic rings. The van der Waals surface area contributed by atoms with Crippen LogP contribution in [0, 0.1) is 0 Å². The van der Waals surface area contributed by atoms with E-state index in [2.05, 4.69) is 6.92 Å². The fourth-order valence-electron chi connectivity index (χ4n) is 3.32. The predicted molar refractivity (Wildman–Crippen MR) is 105 cm³/mol. The van der Waals surface area contributed by atoms with Crippen molar-refractivity contribution in [3.05, 3.63) is 0 Å². The zero-order valence-electron chi connectivity index (χ0n) is 17.4. The van der Waals surface area contributed by atoms with Gasteiger partial charge in [0.05, 0.1) is 10.1 Å². The van der Waals surface area contributed by atoms with E-state index in [0.717, 1.165) is 19.3 Å². The molecule has 0 aliphatic heterocycles. The van der Waals surface area contributed by atoms with Crippen molar-refractivity contribution in [2.24, 2.45) is 0 Å². The topological polar surface area (TPSA) is 77.4 Å². The van der Waals surface area contributed by atoms with E-state index in [1.54, 1.807) is 0 Å². The van der Waals surface area contributed by atoms with Crippen LogP contribution in [0.3, 0.4) is 0 Å². The molecule has 0 aliphatic carbocycles. The summed E-state index contributed by atoms with van der Waals surface area (Å²) >= 11 is 0. The van der Waals surface area contributed by atoms with Crippen molar-refractivity contribution in [3.8, 4) is 0 Å². The first-order valence-corrected chi connectivity index (χ1v) is 12.0. The summed E-state index contributed by atoms with van der Waals surface area (Å²) in [5, 5.41) is 7.97. The smallest absolute Gasteiger partial charge is 0.748 e. The standard InChI is InChI=1S/C20H42O4S.K/c1-2-3-4-5-6-7-8-9-10-11-12-13-14-15-17-20(18-16-19-21)25(22,23)24;/h20-21H,2-19H2,1H3,(H,22,23,24);/q;+1/p-1. The van der Waals surface area contributed by atoms with E-state index in [-0.39, 0.29) is 58.0 Å². The summed E-state index contributed by atoms with van der Waals surface area (Å²) in [4.78, 5) is 0. The third-order valence-corrected chi connectivity index (χ3v) is 6.26. The van der Waals surface area contributed by atoms with Crippen LogP contribution in [0.15, 0.2) is 0 Å². The minimum Gasteiger partial charge on any atom is -0.748 e. The quantitative estimate of drug-likeness (QED) is 0.199. The molecular weight excluding hydrogens is 375 g/mol. The molecule has 1 atom stereocenters. The Morgan fingerprint density at radius 1 is 0.692 bits per heavy atom. The summed E-state index contributed by atoms with van der Waals surface area (Å²) in [6.45, 7) is 2.20. The summed E-state index contributed by atoms with van der Waals surface area (Å²) in [5.74, 6) is 0. The van der Waals surface area contributed by atoms with Crippen LogP contribution in [0.4, 0.5) is 0 Å². The largest absolute Gasteiger partial charge is 1.00 e. The zero-order chi connectivity index (χ0) is 18.8. The van der Waals surface area contributed by atoms with Crippen molar-refractivity contribution in [1.82, 2.24) is 0 Å². The summed E-state index contributed by atoms with van der Waals surface area (Å²) in [6, 6.07) is 0. The molecule has 0 spiro atoms. The predicted octanol–water partition coefficient (Wildman–Crippen LogP) is 2.55. The Labute approximate surface area is 205 Å². The number of aliphatic hydroxyl groups is 1. The number of rotatable bonds is 19. The molecular formula is C20H41KO4S. The Balaban J connectivity index is 0. The van der Waals surface area contributed by atoms with E-state index in [0.29, 0.717) is 19.3 Å². The Kier molecular flexibility index (Phi) is 24.2. The molecule has 0 aromatic carbocycles. The van der Waals surface area contributed by atoms with Gasteiger partial charge in [-0.15, -0.1) is 0 Å². The van der Waals surface area contributed by atoms with Crippen LogP contribution in [0.1, 0.15) is 116 Å². The molecule has 0 fully saturated rings. The number of unbranched alkanes of at least 4 members (excludes halogenated alkanes) is 13. The molecule has 0 bridgehead atoms. The van der Waals surface area contributed by atoms with Crippen molar-refractivity contribution in [2.45, 2.75) is 121 Å². The van der Waals surface area contributed by atoms with E-state index >= 15 is 0 Å². The second-order valence-electron chi connectivity index (χ2n) is 7.37. The third-order valence-electron chi connectivity index (χ3n) is 4.97. The van der Waals surface area contributed by atoms with Gasteiger partial charge in [0.15, 0.2) is 0 Å². The molecule has 0 amide bonds. The van der Waals surface area contributed by atoms with E-state index in [9.17, 15) is 13.0 Å². The van der Waals surface area contributed by atoms with Crippen molar-refractivity contribution in [1.29, 1.82) is 0 Å². The van der Waals surface area contributed by atoms with Crippen LogP contribution >= 0.6 is 0 Å². The summed E-state index contributed by atoms with van der Waals surface area (Å²) in [5.41, 5.74) is 0. The van der Waals surface area contributed by atoms with Crippen LogP contribution in [0.5, 0.6) is 0 Å². The molecule has 0 rings (SSSR count). The molecule has 0 heterocycles. The number of hydrogen-bond donors (Lipinski definition) is 1. The minimum absolute atomic E-state index is 0. The maximum Gasteiger partial charge on any atom is 1.00 e. The van der Waals surface area contributed by atoms with Gasteiger partial charge in [-0.3, -0.25) is 0 Å². The molecule has 0 aliphatic rings. The van der Waals surface area contributed by atoms with Gasteiger partial charge >= 0.3 is 51.4 Å². The van der Waals surface area contributed by atoms with Gasteiger partial charge in [-0.05, 0) is 19.3 Å². The Morgan fingerprint density at radius 2 is 1.04 bits per heavy atom. The average molecular weight is 417 g/mol. The first-order valence-electron chi connectivity index (χ1n) is 10.6. The van der Waals surface area contributed by atoms with Gasteiger partial charge in [-0.2, -0.15) is 0 Å². The average Bonchev–Trinajstić information content (AvgIpc) is 2.56. The van der Waals surface area contributed by atoms with Crippen LogP contribution in [-0.4, -0.2) is 29.9 Å².